The Bertz CT molecular complexity index is 3000. The maximum Gasteiger partial charge on any atom is 0.264 e. The standard InChI is InChI=1S/C36H14F2N4O2/c37-15-1-11-25-27(13-15)41-33(39-25)21-7-3-17-18-4-8-22-32-24(36(44)42-28-14-16(38)2-12-26(28)40-34(22)42)10-6-20(30(18)32)19-5-9-23(35(41)43)31(21)29(17)19/h1-14H. The van der Waals surface area contributed by atoms with Crippen LogP contribution in [0.25, 0.3) is 98.0 Å². The van der Waals surface area contributed by atoms with Crippen LogP contribution < -0.4 is 11.1 Å². The molecule has 11 aromatic rings. The van der Waals surface area contributed by atoms with Crippen LogP contribution in [-0.4, -0.2) is 18.8 Å². The molecule has 0 aliphatic heterocycles. The van der Waals surface area contributed by atoms with Crippen molar-refractivity contribution in [3.63, 3.8) is 0 Å². The molecule has 0 bridgehead atoms. The fourth-order valence-corrected chi connectivity index (χ4v) is 7.73. The van der Waals surface area contributed by atoms with Crippen molar-refractivity contribution in [1.82, 2.24) is 18.8 Å². The highest BCUT2D eigenvalue weighted by Crippen LogP contribution is 2.45. The maximum absolute atomic E-state index is 14.2. The molecule has 0 unspecified atom stereocenters. The Morgan fingerprint density at radius 1 is 0.432 bits per heavy atom. The quantitative estimate of drug-likeness (QED) is 0.139. The van der Waals surface area contributed by atoms with E-state index in [0.29, 0.717) is 44.1 Å². The van der Waals surface area contributed by atoms with Gasteiger partial charge in [-0.25, -0.2) is 18.7 Å². The second-order valence-corrected chi connectivity index (χ2v) is 11.6. The minimum atomic E-state index is -0.429. The van der Waals surface area contributed by atoms with E-state index in [0.717, 1.165) is 53.9 Å². The third-order valence-corrected chi connectivity index (χ3v) is 9.48. The van der Waals surface area contributed by atoms with E-state index in [1.165, 1.54) is 33.1 Å². The van der Waals surface area contributed by atoms with Gasteiger partial charge in [-0.05, 0) is 80.8 Å². The van der Waals surface area contributed by atoms with Gasteiger partial charge in [-0.3, -0.25) is 18.4 Å². The second kappa shape index (κ2) is 7.12. The number of imidazole rings is 2. The largest absolute Gasteiger partial charge is 0.268 e. The molecule has 0 aliphatic rings. The van der Waals surface area contributed by atoms with Gasteiger partial charge in [-0.1, -0.05) is 24.3 Å². The van der Waals surface area contributed by atoms with Gasteiger partial charge in [0.05, 0.1) is 22.1 Å². The molecule has 8 heteroatoms. The lowest BCUT2D eigenvalue weighted by molar-refractivity contribution is 0.629. The van der Waals surface area contributed by atoms with Crippen molar-refractivity contribution in [1.29, 1.82) is 0 Å². The summed E-state index contributed by atoms with van der Waals surface area (Å²) >= 11 is 0. The predicted octanol–water partition coefficient (Wildman–Crippen LogP) is 7.52. The number of hydrogen-bond donors (Lipinski definition) is 0. The molecule has 4 heterocycles. The van der Waals surface area contributed by atoms with Crippen molar-refractivity contribution >= 4 is 98.0 Å². The molecule has 44 heavy (non-hydrogen) atoms. The molecule has 204 valence electrons. The van der Waals surface area contributed by atoms with E-state index in [4.69, 9.17) is 9.97 Å². The second-order valence-electron chi connectivity index (χ2n) is 11.6. The number of pyridine rings is 2. The fourth-order valence-electron chi connectivity index (χ4n) is 7.73. The molecule has 11 rings (SSSR count). The molecule has 0 saturated carbocycles. The van der Waals surface area contributed by atoms with Crippen molar-refractivity contribution < 1.29 is 8.78 Å². The summed E-state index contributed by atoms with van der Waals surface area (Å²) in [7, 11) is 0. The summed E-state index contributed by atoms with van der Waals surface area (Å²) in [6, 6.07) is 24.2. The minimum absolute atomic E-state index is 0.249. The molecule has 4 aromatic heterocycles. The highest BCUT2D eigenvalue weighted by Gasteiger charge is 2.24. The van der Waals surface area contributed by atoms with Gasteiger partial charge < -0.3 is 0 Å². The van der Waals surface area contributed by atoms with Crippen molar-refractivity contribution in [3.8, 4) is 0 Å². The van der Waals surface area contributed by atoms with Crippen LogP contribution in [0.15, 0.2) is 94.5 Å². The molecular weight excluding hydrogens is 558 g/mol. The molecule has 0 N–H and O–H groups in total. The van der Waals surface area contributed by atoms with E-state index in [2.05, 4.69) is 0 Å². The predicted molar refractivity (Wildman–Crippen MR) is 170 cm³/mol. The molecule has 0 spiro atoms. The summed E-state index contributed by atoms with van der Waals surface area (Å²) in [6.45, 7) is 0. The molecule has 0 atom stereocenters. The molecule has 0 fully saturated rings. The third kappa shape index (κ3) is 2.38. The average Bonchev–Trinajstić information content (AvgIpc) is 3.60. The zero-order valence-corrected chi connectivity index (χ0v) is 22.4. The first-order valence-electron chi connectivity index (χ1n) is 14.1. The number of benzene rings is 7. The zero-order chi connectivity index (χ0) is 29.2. The topological polar surface area (TPSA) is 68.7 Å². The molecule has 0 saturated heterocycles. The van der Waals surface area contributed by atoms with Gasteiger partial charge in [0, 0.05) is 44.5 Å². The number of rotatable bonds is 0. The summed E-state index contributed by atoms with van der Waals surface area (Å²) < 4.78 is 31.4. The van der Waals surface area contributed by atoms with E-state index in [-0.39, 0.29) is 11.1 Å². The van der Waals surface area contributed by atoms with E-state index < -0.39 is 11.6 Å². The van der Waals surface area contributed by atoms with Gasteiger partial charge in [0.1, 0.15) is 22.9 Å². The minimum Gasteiger partial charge on any atom is -0.268 e. The average molecular weight is 573 g/mol. The van der Waals surface area contributed by atoms with Crippen molar-refractivity contribution in [2.75, 3.05) is 0 Å². The number of hydrogen-bond acceptors (Lipinski definition) is 4. The molecule has 0 aliphatic carbocycles. The molecule has 0 radical (unpaired) electrons. The highest BCUT2D eigenvalue weighted by atomic mass is 19.1. The summed E-state index contributed by atoms with van der Waals surface area (Å²) in [5, 5.41) is 9.99. The van der Waals surface area contributed by atoms with Crippen LogP contribution in [0.2, 0.25) is 0 Å². The van der Waals surface area contributed by atoms with Crippen LogP contribution in [-0.2, 0) is 0 Å². The van der Waals surface area contributed by atoms with E-state index in [1.54, 1.807) is 12.1 Å². The number of fused-ring (bicyclic) bond motifs is 10. The number of aromatic nitrogens is 4. The maximum atomic E-state index is 14.2. The SMILES string of the molecule is O=c1c2ccc3c4ccc5c(=O)n6c7cc(F)ccc7nc6c6ccc(c7ccc(c2c37)c2nc3ccc(F)cc3n12)c4c56. The van der Waals surface area contributed by atoms with Crippen molar-refractivity contribution in [2.24, 2.45) is 0 Å². The van der Waals surface area contributed by atoms with Crippen molar-refractivity contribution in [3.05, 3.63) is 117 Å². The first kappa shape index (κ1) is 22.6. The third-order valence-electron chi connectivity index (χ3n) is 9.48. The van der Waals surface area contributed by atoms with E-state index >= 15 is 0 Å². The van der Waals surface area contributed by atoms with Gasteiger partial charge in [-0.15, -0.1) is 0 Å². The summed E-state index contributed by atoms with van der Waals surface area (Å²) in [4.78, 5) is 37.4. The molecule has 7 aromatic carbocycles. The Kier molecular flexibility index (Phi) is 3.65. The Labute approximate surface area is 242 Å². The van der Waals surface area contributed by atoms with Crippen LogP contribution in [0, 0.1) is 11.6 Å². The van der Waals surface area contributed by atoms with Gasteiger partial charge in [0.15, 0.2) is 0 Å². The highest BCUT2D eigenvalue weighted by molar-refractivity contribution is 6.40. The summed E-state index contributed by atoms with van der Waals surface area (Å²) in [6.07, 6.45) is 0. The fraction of sp³-hybridized carbons (Fsp3) is 0. The summed E-state index contributed by atoms with van der Waals surface area (Å²) in [5.41, 5.74) is 2.46. The Morgan fingerprint density at radius 2 is 0.773 bits per heavy atom. The number of nitrogens with zero attached hydrogens (tertiary/aromatic N) is 4. The van der Waals surface area contributed by atoms with Crippen LogP contribution in [0.1, 0.15) is 0 Å². The Hall–Kier alpha value is -6.02. The van der Waals surface area contributed by atoms with Gasteiger partial charge in [0.2, 0.25) is 0 Å². The van der Waals surface area contributed by atoms with Crippen molar-refractivity contribution in [2.45, 2.75) is 0 Å². The Morgan fingerprint density at radius 3 is 1.18 bits per heavy atom. The lowest BCUT2D eigenvalue weighted by Gasteiger charge is -2.18. The van der Waals surface area contributed by atoms with Crippen LogP contribution in [0.3, 0.4) is 0 Å². The van der Waals surface area contributed by atoms with Gasteiger partial charge in [-0.2, -0.15) is 0 Å². The van der Waals surface area contributed by atoms with Crippen LogP contribution in [0.5, 0.6) is 0 Å². The monoisotopic (exact) mass is 572 g/mol. The van der Waals surface area contributed by atoms with E-state index in [9.17, 15) is 18.4 Å². The molecular formula is C36H14F2N4O2. The molecule has 0 amide bonds. The van der Waals surface area contributed by atoms with Gasteiger partial charge >= 0.3 is 0 Å². The van der Waals surface area contributed by atoms with E-state index in [1.807, 2.05) is 48.5 Å². The van der Waals surface area contributed by atoms with Gasteiger partial charge in [0.25, 0.3) is 11.1 Å². The Balaban J connectivity index is 1.38. The first-order valence-corrected chi connectivity index (χ1v) is 14.1. The lowest BCUT2D eigenvalue weighted by atomic mass is 9.86. The normalized spacial score (nSPS) is 13.0. The summed E-state index contributed by atoms with van der Waals surface area (Å²) in [5.74, 6) is -0.858. The van der Waals surface area contributed by atoms with Crippen LogP contribution in [0.4, 0.5) is 8.78 Å². The molecule has 6 nitrogen and oxygen atoms in total. The van der Waals surface area contributed by atoms with Crippen LogP contribution >= 0.6 is 0 Å². The zero-order valence-electron chi connectivity index (χ0n) is 22.4. The number of halogens is 2. The first-order chi connectivity index (χ1) is 21.5. The lowest BCUT2D eigenvalue weighted by Crippen LogP contribution is -2.14. The smallest absolute Gasteiger partial charge is 0.264 e.